The van der Waals surface area contributed by atoms with E-state index in [0.717, 1.165) is 5.52 Å². The zero-order valence-corrected chi connectivity index (χ0v) is 13.6. The number of ether oxygens (including phenoxy) is 2. The Morgan fingerprint density at radius 1 is 1.43 bits per heavy atom. The minimum Gasteiger partial charge on any atom is -0.484 e. The second kappa shape index (κ2) is 4.33. The number of halogens is 2. The van der Waals surface area contributed by atoms with Crippen LogP contribution < -0.4 is 10.4 Å². The van der Waals surface area contributed by atoms with Crippen molar-refractivity contribution in [2.24, 2.45) is 7.05 Å². The van der Waals surface area contributed by atoms with Crippen LogP contribution in [0.15, 0.2) is 21.5 Å². The van der Waals surface area contributed by atoms with Gasteiger partial charge in [-0.15, -0.1) is 0 Å². The number of fused-ring (bicyclic) bond motifs is 2. The molecule has 2 aromatic heterocycles. The fourth-order valence-corrected chi connectivity index (χ4v) is 3.94. The number of aryl methyl sites for hydroxylation is 1. The first-order valence-electron chi connectivity index (χ1n) is 7.20. The number of benzene rings is 1. The molecule has 0 radical (unpaired) electrons. The van der Waals surface area contributed by atoms with Crippen LogP contribution in [0.1, 0.15) is 6.04 Å². The monoisotopic (exact) mass is 379 g/mol. The van der Waals surface area contributed by atoms with E-state index >= 15 is 0 Å². The zero-order valence-electron chi connectivity index (χ0n) is 12.0. The van der Waals surface area contributed by atoms with Crippen LogP contribution in [0.5, 0.6) is 5.75 Å². The SMILES string of the molecule is Cn1c(=O)n2c3c4c(c(Br)c(F)cc4ncc31)O[C@H]1COC[C@H]12. The van der Waals surface area contributed by atoms with Gasteiger partial charge in [-0.25, -0.2) is 9.18 Å². The molecule has 1 aromatic carbocycles. The van der Waals surface area contributed by atoms with Gasteiger partial charge < -0.3 is 9.47 Å². The third-order valence-corrected chi connectivity index (χ3v) is 5.40. The lowest BCUT2D eigenvalue weighted by Gasteiger charge is -2.18. The van der Waals surface area contributed by atoms with Crippen molar-refractivity contribution in [3.63, 3.8) is 0 Å². The van der Waals surface area contributed by atoms with Crippen molar-refractivity contribution >= 4 is 37.9 Å². The van der Waals surface area contributed by atoms with Crippen molar-refractivity contribution < 1.29 is 13.9 Å². The highest BCUT2D eigenvalue weighted by molar-refractivity contribution is 9.10. The lowest BCUT2D eigenvalue weighted by atomic mass is 10.1. The number of aromatic nitrogens is 3. The summed E-state index contributed by atoms with van der Waals surface area (Å²) in [6, 6.07) is 1.12. The van der Waals surface area contributed by atoms with Crippen LogP contribution >= 0.6 is 15.9 Å². The fraction of sp³-hybridized carbons (Fsp3) is 0.333. The van der Waals surface area contributed by atoms with Gasteiger partial charge in [-0.05, 0) is 15.9 Å². The molecule has 0 spiro atoms. The van der Waals surface area contributed by atoms with E-state index in [9.17, 15) is 9.18 Å². The molecule has 1 saturated heterocycles. The first kappa shape index (κ1) is 13.5. The molecular weight excluding hydrogens is 369 g/mol. The van der Waals surface area contributed by atoms with E-state index in [1.807, 2.05) is 0 Å². The first-order chi connectivity index (χ1) is 11.1. The molecule has 2 atom stereocenters. The van der Waals surface area contributed by atoms with Crippen molar-refractivity contribution in [2.75, 3.05) is 13.2 Å². The van der Waals surface area contributed by atoms with E-state index in [0.29, 0.717) is 35.4 Å². The van der Waals surface area contributed by atoms with Crippen LogP contribution in [0.2, 0.25) is 0 Å². The topological polar surface area (TPSA) is 58.3 Å². The van der Waals surface area contributed by atoms with E-state index in [1.165, 1.54) is 6.07 Å². The Morgan fingerprint density at radius 2 is 2.26 bits per heavy atom. The van der Waals surface area contributed by atoms with E-state index in [4.69, 9.17) is 9.47 Å². The van der Waals surface area contributed by atoms with Crippen LogP contribution in [0.25, 0.3) is 21.9 Å². The molecule has 3 aromatic rings. The average molecular weight is 380 g/mol. The maximum atomic E-state index is 14.2. The normalized spacial score (nSPS) is 22.6. The summed E-state index contributed by atoms with van der Waals surface area (Å²) >= 11 is 3.27. The van der Waals surface area contributed by atoms with Crippen LogP contribution in [0, 0.1) is 5.82 Å². The minimum atomic E-state index is -0.443. The predicted molar refractivity (Wildman–Crippen MR) is 84.4 cm³/mol. The molecule has 118 valence electrons. The molecule has 0 saturated carbocycles. The van der Waals surface area contributed by atoms with Gasteiger partial charge in [0.25, 0.3) is 0 Å². The molecule has 8 heteroatoms. The Morgan fingerprint density at radius 3 is 3.09 bits per heavy atom. The van der Waals surface area contributed by atoms with Gasteiger partial charge in [0.2, 0.25) is 0 Å². The lowest BCUT2D eigenvalue weighted by Crippen LogP contribution is -2.34. The van der Waals surface area contributed by atoms with Crippen LogP contribution in [-0.2, 0) is 11.8 Å². The van der Waals surface area contributed by atoms with Crippen molar-refractivity contribution in [1.29, 1.82) is 0 Å². The summed E-state index contributed by atoms with van der Waals surface area (Å²) < 4.78 is 29.3. The molecule has 4 heterocycles. The molecule has 0 unspecified atom stereocenters. The molecule has 2 aliphatic heterocycles. The predicted octanol–water partition coefficient (Wildman–Crippen LogP) is 2.12. The zero-order chi connectivity index (χ0) is 15.9. The summed E-state index contributed by atoms with van der Waals surface area (Å²) in [6.45, 7) is 0.751. The maximum absolute atomic E-state index is 14.2. The Bertz CT molecular complexity index is 1060. The van der Waals surface area contributed by atoms with Gasteiger partial charge in [0.15, 0.2) is 0 Å². The molecule has 23 heavy (non-hydrogen) atoms. The number of hydrogen-bond acceptors (Lipinski definition) is 4. The Balaban J connectivity index is 2.09. The molecule has 6 nitrogen and oxygen atoms in total. The lowest BCUT2D eigenvalue weighted by molar-refractivity contribution is 0.139. The molecule has 1 fully saturated rings. The Labute approximate surface area is 137 Å². The highest BCUT2D eigenvalue weighted by Gasteiger charge is 2.39. The molecule has 0 amide bonds. The van der Waals surface area contributed by atoms with Crippen molar-refractivity contribution in [3.05, 3.63) is 33.0 Å². The smallest absolute Gasteiger partial charge is 0.329 e. The minimum absolute atomic E-state index is 0.147. The van der Waals surface area contributed by atoms with Crippen molar-refractivity contribution in [1.82, 2.24) is 14.1 Å². The number of hydrogen-bond donors (Lipinski definition) is 0. The highest BCUT2D eigenvalue weighted by atomic mass is 79.9. The van der Waals surface area contributed by atoms with E-state index in [2.05, 4.69) is 20.9 Å². The third-order valence-electron chi connectivity index (χ3n) is 4.66. The van der Waals surface area contributed by atoms with Gasteiger partial charge in [0.1, 0.15) is 23.7 Å². The number of nitrogens with zero attached hydrogens (tertiary/aromatic N) is 3. The molecule has 0 bridgehead atoms. The van der Waals surface area contributed by atoms with Crippen molar-refractivity contribution in [2.45, 2.75) is 12.1 Å². The summed E-state index contributed by atoms with van der Waals surface area (Å²) in [6.07, 6.45) is 1.26. The summed E-state index contributed by atoms with van der Waals surface area (Å²) in [5.74, 6) is -0.0583. The molecule has 5 rings (SSSR count). The Hall–Kier alpha value is -1.93. The van der Waals surface area contributed by atoms with Gasteiger partial charge in [0, 0.05) is 13.1 Å². The van der Waals surface area contributed by atoms with Gasteiger partial charge in [-0.1, -0.05) is 0 Å². The fourth-order valence-electron chi connectivity index (χ4n) is 3.54. The van der Waals surface area contributed by atoms with E-state index in [1.54, 1.807) is 22.4 Å². The Kier molecular flexibility index (Phi) is 2.54. The summed E-state index contributed by atoms with van der Waals surface area (Å²) in [4.78, 5) is 17.1. The highest BCUT2D eigenvalue weighted by Crippen LogP contribution is 2.43. The molecule has 0 N–H and O–H groups in total. The standard InChI is InChI=1S/C15H11BrFN3O3/c1-19-8-3-18-7-2-6(17)12(16)14-11(7)13(8)20(15(19)21)9-4-22-5-10(9)23-14/h2-3,9-10H,4-5H2,1H3/t9-,10+/m1/s1. The van der Waals surface area contributed by atoms with Crippen molar-refractivity contribution in [3.8, 4) is 5.75 Å². The third kappa shape index (κ3) is 1.55. The first-order valence-corrected chi connectivity index (χ1v) is 7.99. The van der Waals surface area contributed by atoms with Gasteiger partial charge in [-0.2, -0.15) is 0 Å². The summed E-state index contributed by atoms with van der Waals surface area (Å²) in [5, 5.41) is 0.655. The van der Waals surface area contributed by atoms with Crippen LogP contribution in [-0.4, -0.2) is 33.4 Å². The quantitative estimate of drug-likeness (QED) is 0.600. The largest absolute Gasteiger partial charge is 0.484 e. The number of imidazole rings is 1. The molecule has 0 aliphatic carbocycles. The van der Waals surface area contributed by atoms with Gasteiger partial charge >= 0.3 is 5.69 Å². The average Bonchev–Trinajstić information content (AvgIpc) is 3.03. The molecule has 2 aliphatic rings. The second-order valence-electron chi connectivity index (χ2n) is 5.86. The second-order valence-corrected chi connectivity index (χ2v) is 6.65. The summed E-state index contributed by atoms with van der Waals surface area (Å²) in [7, 11) is 1.71. The van der Waals surface area contributed by atoms with E-state index < -0.39 is 5.82 Å². The maximum Gasteiger partial charge on any atom is 0.329 e. The van der Waals surface area contributed by atoms with Crippen LogP contribution in [0.4, 0.5) is 4.39 Å². The van der Waals surface area contributed by atoms with Gasteiger partial charge in [-0.3, -0.25) is 14.1 Å². The number of rotatable bonds is 0. The molecular formula is C15H11BrFN3O3. The number of pyridine rings is 1. The van der Waals surface area contributed by atoms with Crippen LogP contribution in [0.3, 0.4) is 0 Å². The van der Waals surface area contributed by atoms with E-state index in [-0.39, 0.29) is 22.3 Å². The summed E-state index contributed by atoms with van der Waals surface area (Å²) in [5.41, 5.74) is 1.73. The van der Waals surface area contributed by atoms with Gasteiger partial charge in [0.05, 0.1) is 45.8 Å².